The SMILES string of the molecule is COc1ccc([O-])cc1.COc1ccc([O-])cc1.COc1ccc([O-])cc1.COc1ccc([O-])cc1.[Ti+4]. The van der Waals surface area contributed by atoms with E-state index in [1.165, 1.54) is 48.5 Å². The molecule has 0 aliphatic heterocycles. The standard InChI is InChI=1S/4C7H8O2.Ti/c4*1-9-7-4-2-6(8)3-5-7;/h4*2-5,8H,1H3;/q;;;;+4/p-4. The van der Waals surface area contributed by atoms with Crippen molar-refractivity contribution in [3.8, 4) is 46.0 Å². The first-order valence-corrected chi connectivity index (χ1v) is 10.6. The summed E-state index contributed by atoms with van der Waals surface area (Å²) in [6.07, 6.45) is 0. The van der Waals surface area contributed by atoms with Crippen molar-refractivity contribution in [2.75, 3.05) is 28.4 Å². The maximum Gasteiger partial charge on any atom is 4.00 e. The van der Waals surface area contributed by atoms with Crippen molar-refractivity contribution in [1.29, 1.82) is 0 Å². The molecule has 0 aromatic heterocycles. The number of methoxy groups -OCH3 is 4. The predicted molar refractivity (Wildman–Crippen MR) is 130 cm³/mol. The van der Waals surface area contributed by atoms with Crippen LogP contribution in [0.1, 0.15) is 0 Å². The van der Waals surface area contributed by atoms with Gasteiger partial charge in [0.05, 0.1) is 28.4 Å². The fourth-order valence-corrected chi connectivity index (χ4v) is 2.30. The molecule has 0 aliphatic rings. The minimum Gasteiger partial charge on any atom is -0.872 e. The molecule has 8 nitrogen and oxygen atoms in total. The Morgan fingerprint density at radius 1 is 0.324 bits per heavy atom. The maximum atomic E-state index is 10.5. The molecule has 0 saturated carbocycles. The number of rotatable bonds is 4. The average molecular weight is 540 g/mol. The number of hydrogen-bond acceptors (Lipinski definition) is 8. The van der Waals surface area contributed by atoms with Gasteiger partial charge in [-0.1, -0.05) is 48.5 Å². The zero-order chi connectivity index (χ0) is 26.8. The van der Waals surface area contributed by atoms with Crippen LogP contribution in [0.15, 0.2) is 97.1 Å². The van der Waals surface area contributed by atoms with E-state index in [9.17, 15) is 20.4 Å². The van der Waals surface area contributed by atoms with Crippen LogP contribution in [-0.4, -0.2) is 28.4 Å². The van der Waals surface area contributed by atoms with Gasteiger partial charge in [0.25, 0.3) is 0 Å². The predicted octanol–water partition coefficient (Wildman–Crippen LogP) is 3.07. The summed E-state index contributed by atoms with van der Waals surface area (Å²) in [6, 6.07) is 24.9. The molecule has 0 radical (unpaired) electrons. The summed E-state index contributed by atoms with van der Waals surface area (Å²) in [5, 5.41) is 41.9. The van der Waals surface area contributed by atoms with Crippen molar-refractivity contribution in [3.63, 3.8) is 0 Å². The molecule has 4 rings (SSSR count). The Bertz CT molecular complexity index is 903. The van der Waals surface area contributed by atoms with Gasteiger partial charge in [-0.2, -0.15) is 0 Å². The summed E-state index contributed by atoms with van der Waals surface area (Å²) in [6.45, 7) is 0. The Labute approximate surface area is 232 Å². The van der Waals surface area contributed by atoms with E-state index in [1.54, 1.807) is 77.0 Å². The van der Waals surface area contributed by atoms with Gasteiger partial charge in [0, 0.05) is 0 Å². The van der Waals surface area contributed by atoms with Crippen molar-refractivity contribution >= 4 is 0 Å². The third-order valence-electron chi connectivity index (χ3n) is 4.24. The second-order valence-electron chi connectivity index (χ2n) is 6.70. The molecule has 0 amide bonds. The first-order chi connectivity index (χ1) is 17.3. The molecule has 192 valence electrons. The summed E-state index contributed by atoms with van der Waals surface area (Å²) in [5.74, 6) is 2.91. The summed E-state index contributed by atoms with van der Waals surface area (Å²) in [4.78, 5) is 0. The number of benzene rings is 4. The molecule has 4 aromatic rings. The van der Waals surface area contributed by atoms with E-state index in [0.29, 0.717) is 0 Å². The van der Waals surface area contributed by atoms with Crippen LogP contribution in [0.2, 0.25) is 0 Å². The molecule has 37 heavy (non-hydrogen) atoms. The van der Waals surface area contributed by atoms with E-state index in [-0.39, 0.29) is 44.7 Å². The maximum absolute atomic E-state index is 10.5. The molecule has 0 atom stereocenters. The summed E-state index contributed by atoms with van der Waals surface area (Å²) >= 11 is 0. The fourth-order valence-electron chi connectivity index (χ4n) is 2.30. The summed E-state index contributed by atoms with van der Waals surface area (Å²) in [7, 11) is 6.28. The van der Waals surface area contributed by atoms with Crippen LogP contribution in [-0.2, 0) is 21.7 Å². The molecule has 0 unspecified atom stereocenters. The molecule has 0 saturated heterocycles. The zero-order valence-corrected chi connectivity index (χ0v) is 22.6. The van der Waals surface area contributed by atoms with Gasteiger partial charge in [-0.15, -0.1) is 23.0 Å². The van der Waals surface area contributed by atoms with Crippen LogP contribution in [0.5, 0.6) is 46.0 Å². The molecule has 0 N–H and O–H groups in total. The fraction of sp³-hybridized carbons (Fsp3) is 0.143. The first-order valence-electron chi connectivity index (χ1n) is 10.6. The van der Waals surface area contributed by atoms with E-state index in [1.807, 2.05) is 0 Å². The van der Waals surface area contributed by atoms with E-state index in [4.69, 9.17) is 18.9 Å². The van der Waals surface area contributed by atoms with Gasteiger partial charge in [0.1, 0.15) is 23.0 Å². The third kappa shape index (κ3) is 14.9. The minimum absolute atomic E-state index is 0. The van der Waals surface area contributed by atoms with Gasteiger partial charge in [-0.25, -0.2) is 0 Å². The van der Waals surface area contributed by atoms with E-state index in [2.05, 4.69) is 0 Å². The summed E-state index contributed by atoms with van der Waals surface area (Å²) < 4.78 is 19.3. The van der Waals surface area contributed by atoms with Gasteiger partial charge in [0.15, 0.2) is 0 Å². The van der Waals surface area contributed by atoms with Gasteiger partial charge < -0.3 is 39.4 Å². The van der Waals surface area contributed by atoms with Gasteiger partial charge >= 0.3 is 21.7 Å². The monoisotopic (exact) mass is 540 g/mol. The molecular formula is C28H28O8Ti. The molecule has 0 fully saturated rings. The summed E-state index contributed by atoms with van der Waals surface area (Å²) in [5.41, 5.74) is 0. The van der Waals surface area contributed by atoms with Gasteiger partial charge in [0.2, 0.25) is 0 Å². The third-order valence-corrected chi connectivity index (χ3v) is 4.24. The van der Waals surface area contributed by atoms with Crippen LogP contribution in [0, 0.1) is 0 Å². The molecule has 0 aliphatic carbocycles. The van der Waals surface area contributed by atoms with Crippen LogP contribution < -0.4 is 39.4 Å². The Balaban J connectivity index is 0.000000463. The van der Waals surface area contributed by atoms with Crippen LogP contribution in [0.25, 0.3) is 0 Å². The normalized spacial score (nSPS) is 8.76. The second kappa shape index (κ2) is 19.2. The van der Waals surface area contributed by atoms with E-state index in [0.717, 1.165) is 23.0 Å². The molecule has 0 bridgehead atoms. The number of hydrogen-bond donors (Lipinski definition) is 0. The van der Waals surface area contributed by atoms with Crippen LogP contribution in [0.4, 0.5) is 0 Å². The topological polar surface area (TPSA) is 129 Å². The quantitative estimate of drug-likeness (QED) is 0.361. The average Bonchev–Trinajstić information content (AvgIpc) is 2.92. The van der Waals surface area contributed by atoms with Crippen molar-refractivity contribution in [2.45, 2.75) is 0 Å². The zero-order valence-electron chi connectivity index (χ0n) is 21.0. The van der Waals surface area contributed by atoms with Crippen molar-refractivity contribution < 1.29 is 61.1 Å². The number of ether oxygens (including phenoxy) is 4. The van der Waals surface area contributed by atoms with E-state index >= 15 is 0 Å². The van der Waals surface area contributed by atoms with Gasteiger partial charge in [-0.05, 0) is 48.5 Å². The van der Waals surface area contributed by atoms with Crippen molar-refractivity contribution in [2.24, 2.45) is 0 Å². The minimum atomic E-state index is 0. The Morgan fingerprint density at radius 2 is 0.459 bits per heavy atom. The largest absolute Gasteiger partial charge is 4.00 e. The van der Waals surface area contributed by atoms with Gasteiger partial charge in [-0.3, -0.25) is 0 Å². The van der Waals surface area contributed by atoms with Crippen LogP contribution >= 0.6 is 0 Å². The Morgan fingerprint density at radius 3 is 0.568 bits per heavy atom. The van der Waals surface area contributed by atoms with Crippen LogP contribution in [0.3, 0.4) is 0 Å². The van der Waals surface area contributed by atoms with E-state index < -0.39 is 0 Å². The molecular weight excluding hydrogens is 512 g/mol. The van der Waals surface area contributed by atoms with Crippen molar-refractivity contribution in [3.05, 3.63) is 97.1 Å². The Kier molecular flexibility index (Phi) is 17.1. The molecule has 9 heteroatoms. The molecule has 0 spiro atoms. The smallest absolute Gasteiger partial charge is 0.872 e. The Hall–Kier alpha value is -4.01. The molecule has 0 heterocycles. The first kappa shape index (κ1) is 33.0. The van der Waals surface area contributed by atoms with Crippen molar-refractivity contribution in [1.82, 2.24) is 0 Å². The second-order valence-corrected chi connectivity index (χ2v) is 6.70. The molecule has 4 aromatic carbocycles.